The number of halogens is 1. The van der Waals surface area contributed by atoms with E-state index in [2.05, 4.69) is 27.6 Å². The first-order valence-electron chi connectivity index (χ1n) is 8.07. The van der Waals surface area contributed by atoms with Crippen LogP contribution in [0.4, 0.5) is 5.69 Å². The van der Waals surface area contributed by atoms with Crippen LogP contribution in [-0.4, -0.2) is 29.6 Å². The van der Waals surface area contributed by atoms with Crippen LogP contribution in [0.3, 0.4) is 0 Å². The number of H-pyrrole nitrogens is 1. The molecule has 0 radical (unpaired) electrons. The molecule has 8 heteroatoms. The molecule has 2 N–H and O–H groups in total. The molecule has 0 unspecified atom stereocenters. The average Bonchev–Trinajstić information content (AvgIpc) is 2.61. The summed E-state index contributed by atoms with van der Waals surface area (Å²) >= 11 is 5.87. The molecule has 0 aliphatic carbocycles. The van der Waals surface area contributed by atoms with Gasteiger partial charge in [0, 0.05) is 0 Å². The number of aromatic amines is 1. The molecule has 2 aromatic rings. The van der Waals surface area contributed by atoms with E-state index in [1.54, 1.807) is 6.21 Å². The molecule has 0 aliphatic heterocycles. The molecule has 0 amide bonds. The van der Waals surface area contributed by atoms with Crippen LogP contribution in [0.2, 0.25) is 5.02 Å². The molecule has 1 aromatic carbocycles. The van der Waals surface area contributed by atoms with Crippen molar-refractivity contribution in [3.8, 4) is 11.5 Å². The normalized spacial score (nSPS) is 10.8. The van der Waals surface area contributed by atoms with Crippen molar-refractivity contribution in [2.45, 2.75) is 26.7 Å². The SMILES string of the molecule is CCCCOc1ccc(/C=N\Nc2cn[nH]c(=O)c2Cl)cc1OCC. The molecule has 7 nitrogen and oxygen atoms in total. The third-order valence-corrected chi connectivity index (χ3v) is 3.59. The van der Waals surface area contributed by atoms with Gasteiger partial charge in [-0.1, -0.05) is 24.9 Å². The second kappa shape index (κ2) is 9.68. The highest BCUT2D eigenvalue weighted by Crippen LogP contribution is 2.28. The van der Waals surface area contributed by atoms with Crippen molar-refractivity contribution < 1.29 is 9.47 Å². The number of nitrogens with one attached hydrogen (secondary N) is 2. The Balaban J connectivity index is 2.09. The molecular formula is C17H21ClN4O3. The second-order valence-corrected chi connectivity index (χ2v) is 5.52. The molecule has 0 fully saturated rings. The highest BCUT2D eigenvalue weighted by atomic mass is 35.5. The van der Waals surface area contributed by atoms with Crippen molar-refractivity contribution in [3.63, 3.8) is 0 Å². The van der Waals surface area contributed by atoms with Gasteiger partial charge in [0.05, 0.1) is 25.6 Å². The van der Waals surface area contributed by atoms with E-state index in [4.69, 9.17) is 21.1 Å². The molecule has 0 atom stereocenters. The average molecular weight is 365 g/mol. The molecule has 0 bridgehead atoms. The van der Waals surface area contributed by atoms with E-state index in [0.717, 1.165) is 18.4 Å². The summed E-state index contributed by atoms with van der Waals surface area (Å²) in [6.07, 6.45) is 5.04. The lowest BCUT2D eigenvalue weighted by atomic mass is 10.2. The second-order valence-electron chi connectivity index (χ2n) is 5.14. The first kappa shape index (κ1) is 18.8. The van der Waals surface area contributed by atoms with Gasteiger partial charge in [-0.15, -0.1) is 0 Å². The lowest BCUT2D eigenvalue weighted by Crippen LogP contribution is -2.10. The Bertz CT molecular complexity index is 777. The lowest BCUT2D eigenvalue weighted by molar-refractivity contribution is 0.272. The van der Waals surface area contributed by atoms with E-state index in [9.17, 15) is 4.79 Å². The fourth-order valence-corrected chi connectivity index (χ4v) is 2.09. The predicted molar refractivity (Wildman–Crippen MR) is 99.1 cm³/mol. The number of hydrazone groups is 1. The Morgan fingerprint density at radius 2 is 2.16 bits per heavy atom. The zero-order valence-corrected chi connectivity index (χ0v) is 15.0. The molecule has 1 aromatic heterocycles. The van der Waals surface area contributed by atoms with Crippen LogP contribution in [0.1, 0.15) is 32.3 Å². The Labute approximate surface area is 151 Å². The van der Waals surface area contributed by atoms with Crippen molar-refractivity contribution in [3.05, 3.63) is 45.3 Å². The molecular weight excluding hydrogens is 344 g/mol. The lowest BCUT2D eigenvalue weighted by Gasteiger charge is -2.12. The minimum Gasteiger partial charge on any atom is -0.490 e. The van der Waals surface area contributed by atoms with Crippen molar-refractivity contribution in [2.24, 2.45) is 5.10 Å². The van der Waals surface area contributed by atoms with Crippen LogP contribution in [0, 0.1) is 0 Å². The van der Waals surface area contributed by atoms with Crippen molar-refractivity contribution in [1.29, 1.82) is 0 Å². The van der Waals surface area contributed by atoms with Gasteiger partial charge in [-0.05, 0) is 37.1 Å². The number of anilines is 1. The molecule has 0 aliphatic rings. The first-order valence-corrected chi connectivity index (χ1v) is 8.45. The third-order valence-electron chi connectivity index (χ3n) is 3.22. The van der Waals surface area contributed by atoms with Gasteiger partial charge in [0.1, 0.15) is 10.7 Å². The minimum atomic E-state index is -0.478. The number of rotatable bonds is 9. The topological polar surface area (TPSA) is 88.6 Å². The molecule has 2 rings (SSSR count). The van der Waals surface area contributed by atoms with E-state index in [1.807, 2.05) is 25.1 Å². The van der Waals surface area contributed by atoms with Crippen LogP contribution in [0.25, 0.3) is 0 Å². The zero-order chi connectivity index (χ0) is 18.1. The highest BCUT2D eigenvalue weighted by molar-refractivity contribution is 6.32. The van der Waals surface area contributed by atoms with Crippen LogP contribution in [0.15, 0.2) is 34.3 Å². The van der Waals surface area contributed by atoms with Gasteiger partial charge in [-0.2, -0.15) is 10.2 Å². The first-order chi connectivity index (χ1) is 12.2. The third kappa shape index (κ3) is 5.49. The number of ether oxygens (including phenoxy) is 2. The predicted octanol–water partition coefficient (Wildman–Crippen LogP) is 3.45. The van der Waals surface area contributed by atoms with Crippen molar-refractivity contribution in [2.75, 3.05) is 18.6 Å². The molecule has 0 saturated carbocycles. The summed E-state index contributed by atoms with van der Waals surface area (Å²) in [4.78, 5) is 11.4. The van der Waals surface area contributed by atoms with Gasteiger partial charge in [0.25, 0.3) is 5.56 Å². The maximum absolute atomic E-state index is 11.4. The minimum absolute atomic E-state index is 0.00169. The Hall–Kier alpha value is -2.54. The number of aromatic nitrogens is 2. The smallest absolute Gasteiger partial charge is 0.285 e. The van der Waals surface area contributed by atoms with Crippen LogP contribution in [0.5, 0.6) is 11.5 Å². The largest absolute Gasteiger partial charge is 0.490 e. The van der Waals surface area contributed by atoms with Crippen molar-refractivity contribution >= 4 is 23.5 Å². The fraction of sp³-hybridized carbons (Fsp3) is 0.353. The summed E-state index contributed by atoms with van der Waals surface area (Å²) in [5.41, 5.74) is 3.35. The number of nitrogens with zero attached hydrogens (tertiary/aromatic N) is 2. The van der Waals surface area contributed by atoms with Gasteiger partial charge < -0.3 is 9.47 Å². The number of hydrogen-bond acceptors (Lipinski definition) is 6. The summed E-state index contributed by atoms with van der Waals surface area (Å²) < 4.78 is 11.4. The quantitative estimate of drug-likeness (QED) is 0.404. The Morgan fingerprint density at radius 3 is 2.92 bits per heavy atom. The maximum Gasteiger partial charge on any atom is 0.285 e. The van der Waals surface area contributed by atoms with E-state index >= 15 is 0 Å². The summed E-state index contributed by atoms with van der Waals surface area (Å²) in [7, 11) is 0. The zero-order valence-electron chi connectivity index (χ0n) is 14.2. The standard InChI is InChI=1S/C17H21ClN4O3/c1-3-5-8-25-14-7-6-12(9-15(14)24-4-2)10-19-21-13-11-20-22-17(23)16(13)18/h6-7,9-11H,3-5,8H2,1-2H3,(H2,21,22,23)/b19-10-. The Morgan fingerprint density at radius 1 is 1.32 bits per heavy atom. The monoisotopic (exact) mass is 364 g/mol. The van der Waals surface area contributed by atoms with E-state index in [0.29, 0.717) is 30.4 Å². The fourth-order valence-electron chi connectivity index (χ4n) is 1.96. The van der Waals surface area contributed by atoms with Crippen LogP contribution < -0.4 is 20.5 Å². The molecule has 0 spiro atoms. The molecule has 1 heterocycles. The van der Waals surface area contributed by atoms with Gasteiger partial charge in [-0.3, -0.25) is 10.2 Å². The molecule has 134 valence electrons. The number of unbranched alkanes of at least 4 members (excludes halogenated alkanes) is 1. The van der Waals surface area contributed by atoms with E-state index in [-0.39, 0.29) is 5.02 Å². The van der Waals surface area contributed by atoms with E-state index in [1.165, 1.54) is 6.20 Å². The van der Waals surface area contributed by atoms with Gasteiger partial charge >= 0.3 is 0 Å². The number of benzene rings is 1. The van der Waals surface area contributed by atoms with Gasteiger partial charge in [-0.25, -0.2) is 5.10 Å². The molecule has 0 saturated heterocycles. The number of hydrogen-bond donors (Lipinski definition) is 2. The van der Waals surface area contributed by atoms with E-state index < -0.39 is 5.56 Å². The summed E-state index contributed by atoms with van der Waals surface area (Å²) in [5, 5.41) is 9.97. The summed E-state index contributed by atoms with van der Waals surface area (Å²) in [6, 6.07) is 5.56. The summed E-state index contributed by atoms with van der Waals surface area (Å²) in [5.74, 6) is 1.38. The van der Waals surface area contributed by atoms with Gasteiger partial charge in [0.15, 0.2) is 11.5 Å². The van der Waals surface area contributed by atoms with Crippen LogP contribution >= 0.6 is 11.6 Å². The molecule has 25 heavy (non-hydrogen) atoms. The Kier molecular flexibility index (Phi) is 7.28. The summed E-state index contributed by atoms with van der Waals surface area (Å²) in [6.45, 7) is 5.22. The maximum atomic E-state index is 11.4. The van der Waals surface area contributed by atoms with Crippen molar-refractivity contribution in [1.82, 2.24) is 10.2 Å². The van der Waals surface area contributed by atoms with Crippen LogP contribution in [-0.2, 0) is 0 Å². The van der Waals surface area contributed by atoms with Gasteiger partial charge in [0.2, 0.25) is 0 Å². The highest BCUT2D eigenvalue weighted by Gasteiger charge is 2.06.